The number of rotatable bonds is 6. The molecule has 44 heavy (non-hydrogen) atoms. The molecule has 0 aromatic heterocycles. The zero-order chi connectivity index (χ0) is 32.5. The third-order valence-corrected chi connectivity index (χ3v) is 15.9. The molecule has 0 bridgehead atoms. The third-order valence-electron chi connectivity index (χ3n) is 12.7. The van der Waals surface area contributed by atoms with Crippen molar-refractivity contribution in [1.82, 2.24) is 10.6 Å². The lowest BCUT2D eigenvalue weighted by atomic mass is 9.55. The number of Topliss-reactive ketones (excluding diaryl/α,β-unsaturated/α-hetero) is 2. The monoisotopic (exact) mass is 658 g/mol. The van der Waals surface area contributed by atoms with Gasteiger partial charge in [-0.15, -0.1) is 0 Å². The molecule has 16 unspecified atom stereocenters. The Morgan fingerprint density at radius 3 is 1.23 bits per heavy atom. The van der Waals surface area contributed by atoms with Crippen LogP contribution in [0.1, 0.15) is 92.9 Å². The lowest BCUT2D eigenvalue weighted by molar-refractivity contribution is -0.154. The van der Waals surface area contributed by atoms with Gasteiger partial charge < -0.3 is 10.6 Å². The highest BCUT2D eigenvalue weighted by atomic mass is 32.2. The largest absolute Gasteiger partial charge is 0.310 e. The van der Waals surface area contributed by atoms with Gasteiger partial charge in [0.25, 0.3) is 20.2 Å². The Morgan fingerprint density at radius 1 is 0.568 bits per heavy atom. The van der Waals surface area contributed by atoms with E-state index in [1.54, 1.807) is 0 Å². The molecule has 5 aliphatic rings. The van der Waals surface area contributed by atoms with Crippen LogP contribution in [-0.2, 0) is 29.8 Å². The van der Waals surface area contributed by atoms with Gasteiger partial charge in [-0.25, -0.2) is 0 Å². The van der Waals surface area contributed by atoms with Crippen molar-refractivity contribution in [3.8, 4) is 0 Å². The fraction of sp³-hybridized carbons (Fsp3) is 0.938. The fourth-order valence-corrected chi connectivity index (χ4v) is 13.9. The predicted octanol–water partition coefficient (Wildman–Crippen LogP) is 3.76. The maximum absolute atomic E-state index is 14.4. The van der Waals surface area contributed by atoms with Crippen molar-refractivity contribution in [3.05, 3.63) is 0 Å². The zero-order valence-electron chi connectivity index (χ0n) is 27.1. The van der Waals surface area contributed by atoms with Crippen molar-refractivity contribution >= 4 is 31.8 Å². The van der Waals surface area contributed by atoms with Gasteiger partial charge in [-0.1, -0.05) is 54.4 Å². The Kier molecular flexibility index (Phi) is 9.85. The summed E-state index contributed by atoms with van der Waals surface area (Å²) in [6.07, 6.45) is 5.76. The van der Waals surface area contributed by atoms with Crippen molar-refractivity contribution in [1.29, 1.82) is 0 Å². The Balaban J connectivity index is 1.45. The summed E-state index contributed by atoms with van der Waals surface area (Å²) >= 11 is 0. The van der Waals surface area contributed by atoms with Crippen LogP contribution >= 0.6 is 0 Å². The van der Waals surface area contributed by atoms with E-state index in [1.807, 2.05) is 27.7 Å². The topological polar surface area (TPSA) is 167 Å². The highest BCUT2D eigenvalue weighted by molar-refractivity contribution is 7.86. The molecule has 0 saturated heterocycles. The lowest BCUT2D eigenvalue weighted by Gasteiger charge is -2.53. The van der Waals surface area contributed by atoms with Gasteiger partial charge >= 0.3 is 0 Å². The minimum Gasteiger partial charge on any atom is -0.310 e. The van der Waals surface area contributed by atoms with E-state index in [1.165, 1.54) is 0 Å². The number of carbonyl (C=O) groups is 2. The molecule has 252 valence electrons. The van der Waals surface area contributed by atoms with Crippen LogP contribution in [0.25, 0.3) is 0 Å². The fourth-order valence-electron chi connectivity index (χ4n) is 11.1. The maximum Gasteiger partial charge on any atom is 0.268 e. The second-order valence-electron chi connectivity index (χ2n) is 15.6. The maximum atomic E-state index is 14.4. The summed E-state index contributed by atoms with van der Waals surface area (Å²) in [6, 6.07) is -1.07. The number of carbonyl (C=O) groups excluding carboxylic acids is 2. The average Bonchev–Trinajstić information content (AvgIpc) is 2.90. The van der Waals surface area contributed by atoms with Crippen LogP contribution in [0.3, 0.4) is 0 Å². The van der Waals surface area contributed by atoms with Crippen LogP contribution in [0.15, 0.2) is 0 Å². The molecule has 0 amide bonds. The molecule has 0 aromatic carbocycles. The Hall–Kier alpha value is -0.920. The molecule has 16 atom stereocenters. The van der Waals surface area contributed by atoms with Crippen molar-refractivity contribution in [2.75, 3.05) is 0 Å². The standard InChI is InChI=1S/C32H54N2O8S2/c1-15-13-17(3)31(43(37,38)39)19(5)27(15)33-23-11-12-24(26-25(23)29(35)21-9-7-8-10-22(21)30(26)36)34-28-16(2)14-18(4)32(20(28)6)44(40,41)42/h15-28,31-34H,7-14H2,1-6H3,(H,37,38,39)(H,40,41,42). The summed E-state index contributed by atoms with van der Waals surface area (Å²) in [5.74, 6) is -2.33. The summed E-state index contributed by atoms with van der Waals surface area (Å²) in [6.45, 7) is 11.6. The van der Waals surface area contributed by atoms with Gasteiger partial charge in [-0.3, -0.25) is 18.7 Å². The van der Waals surface area contributed by atoms with Crippen molar-refractivity contribution in [3.63, 3.8) is 0 Å². The molecule has 4 N–H and O–H groups in total. The first-order chi connectivity index (χ1) is 20.4. The molecule has 12 heteroatoms. The van der Waals surface area contributed by atoms with E-state index in [2.05, 4.69) is 24.5 Å². The summed E-state index contributed by atoms with van der Waals surface area (Å²) in [5, 5.41) is 5.62. The summed E-state index contributed by atoms with van der Waals surface area (Å²) in [7, 11) is -8.53. The van der Waals surface area contributed by atoms with E-state index >= 15 is 0 Å². The van der Waals surface area contributed by atoms with Gasteiger partial charge in [0.2, 0.25) is 0 Å². The van der Waals surface area contributed by atoms with E-state index in [0.717, 1.165) is 12.8 Å². The number of fused-ring (bicyclic) bond motifs is 2. The zero-order valence-corrected chi connectivity index (χ0v) is 28.7. The van der Waals surface area contributed by atoms with E-state index in [0.29, 0.717) is 38.5 Å². The Morgan fingerprint density at radius 2 is 0.909 bits per heavy atom. The number of nitrogens with one attached hydrogen (secondary N) is 2. The van der Waals surface area contributed by atoms with Crippen LogP contribution in [-0.4, -0.2) is 72.2 Å². The Bertz CT molecular complexity index is 1220. The molecule has 0 aromatic rings. The molecule has 0 radical (unpaired) electrons. The molecule has 5 aliphatic carbocycles. The van der Waals surface area contributed by atoms with Gasteiger partial charge in [0, 0.05) is 47.8 Å². The van der Waals surface area contributed by atoms with E-state index in [4.69, 9.17) is 0 Å². The highest BCUT2D eigenvalue weighted by Gasteiger charge is 2.58. The number of ketones is 2. The molecular weight excluding hydrogens is 604 g/mol. The van der Waals surface area contributed by atoms with Gasteiger partial charge in [-0.05, 0) is 74.0 Å². The molecule has 0 heterocycles. The molecule has 5 fully saturated rings. The third kappa shape index (κ3) is 6.21. The van der Waals surface area contributed by atoms with Gasteiger partial charge in [0.1, 0.15) is 11.6 Å². The summed E-state index contributed by atoms with van der Waals surface area (Å²) in [4.78, 5) is 28.7. The smallest absolute Gasteiger partial charge is 0.268 e. The van der Waals surface area contributed by atoms with Crippen molar-refractivity contribution in [2.45, 2.75) is 128 Å². The van der Waals surface area contributed by atoms with Crippen LogP contribution < -0.4 is 10.6 Å². The summed E-state index contributed by atoms with van der Waals surface area (Å²) in [5.41, 5.74) is 0. The molecule has 0 aliphatic heterocycles. The van der Waals surface area contributed by atoms with Crippen LogP contribution in [0, 0.1) is 59.2 Å². The van der Waals surface area contributed by atoms with Gasteiger partial charge in [0.15, 0.2) is 0 Å². The second kappa shape index (κ2) is 12.6. The number of hydrogen-bond acceptors (Lipinski definition) is 8. The predicted molar refractivity (Wildman–Crippen MR) is 168 cm³/mol. The molecule has 5 rings (SSSR count). The first-order valence-electron chi connectivity index (χ1n) is 17.0. The molecular formula is C32H54N2O8S2. The van der Waals surface area contributed by atoms with Crippen molar-refractivity contribution < 1.29 is 35.5 Å². The second-order valence-corrected chi connectivity index (χ2v) is 18.7. The minimum absolute atomic E-state index is 0.118. The van der Waals surface area contributed by atoms with E-state index in [9.17, 15) is 35.5 Å². The average molecular weight is 659 g/mol. The van der Waals surface area contributed by atoms with Gasteiger partial charge in [0.05, 0.1) is 10.5 Å². The first-order valence-corrected chi connectivity index (χ1v) is 20.0. The first kappa shape index (κ1) is 34.4. The highest BCUT2D eigenvalue weighted by Crippen LogP contribution is 2.48. The number of hydrogen-bond donors (Lipinski definition) is 4. The normalized spacial score (nSPS) is 48.8. The molecule has 10 nitrogen and oxygen atoms in total. The van der Waals surface area contributed by atoms with Gasteiger partial charge in [-0.2, -0.15) is 16.8 Å². The van der Waals surface area contributed by atoms with E-state index in [-0.39, 0.29) is 83.1 Å². The van der Waals surface area contributed by atoms with Crippen LogP contribution in [0.5, 0.6) is 0 Å². The van der Waals surface area contributed by atoms with Crippen molar-refractivity contribution in [2.24, 2.45) is 59.2 Å². The quantitative estimate of drug-likeness (QED) is 0.309. The van der Waals surface area contributed by atoms with Crippen LogP contribution in [0.2, 0.25) is 0 Å². The van der Waals surface area contributed by atoms with Crippen LogP contribution in [0.4, 0.5) is 0 Å². The summed E-state index contributed by atoms with van der Waals surface area (Å²) < 4.78 is 69.7. The van der Waals surface area contributed by atoms with E-state index < -0.39 is 42.6 Å². The minimum atomic E-state index is -4.27. The Labute approximate surface area is 264 Å². The SMILES string of the molecule is CC1CC(C)C(S(=O)(=O)O)C(C)C1NC1CCC(NC2C(C)CC(C)C(S(=O)(=O)O)C2C)C2C(=O)C3CCCCC3C(=O)C12. The molecule has 0 spiro atoms. The lowest BCUT2D eigenvalue weighted by Crippen LogP contribution is -2.67. The molecule has 5 saturated carbocycles.